The van der Waals surface area contributed by atoms with Crippen molar-refractivity contribution in [1.29, 1.82) is 0 Å². The van der Waals surface area contributed by atoms with Crippen LogP contribution < -0.4 is 10.6 Å². The second-order valence-electron chi connectivity index (χ2n) is 6.14. The molecule has 2 rings (SSSR count). The number of hydrogen-bond donors (Lipinski definition) is 2. The Labute approximate surface area is 166 Å². The van der Waals surface area contributed by atoms with Crippen molar-refractivity contribution in [3.05, 3.63) is 35.8 Å². The van der Waals surface area contributed by atoms with Gasteiger partial charge in [-0.15, -0.1) is 24.0 Å². The van der Waals surface area contributed by atoms with Crippen LogP contribution in [-0.2, 0) is 6.54 Å². The molecule has 2 aromatic heterocycles. The predicted octanol–water partition coefficient (Wildman–Crippen LogP) is 3.46. The molecule has 7 heteroatoms. The van der Waals surface area contributed by atoms with E-state index in [1.54, 1.807) is 0 Å². The number of nitrogens with zero attached hydrogens (tertiary/aromatic N) is 3. The number of thioether (sulfide) groups is 1. The highest BCUT2D eigenvalue weighted by atomic mass is 127. The Morgan fingerprint density at radius 2 is 2.08 bits per heavy atom. The van der Waals surface area contributed by atoms with Gasteiger partial charge in [-0.25, -0.2) is 9.98 Å². The van der Waals surface area contributed by atoms with Crippen molar-refractivity contribution >= 4 is 47.3 Å². The van der Waals surface area contributed by atoms with Crippen molar-refractivity contribution in [2.45, 2.75) is 39.0 Å². The van der Waals surface area contributed by atoms with Crippen molar-refractivity contribution in [2.75, 3.05) is 19.3 Å². The maximum absolute atomic E-state index is 4.66. The number of rotatable bonds is 6. The number of aryl methyl sites for hydroxylation is 1. The minimum Gasteiger partial charge on any atom is -0.357 e. The zero-order valence-electron chi connectivity index (χ0n) is 15.1. The maximum Gasteiger partial charge on any atom is 0.191 e. The Morgan fingerprint density at radius 3 is 2.71 bits per heavy atom. The van der Waals surface area contributed by atoms with Crippen LogP contribution in [0.15, 0.2) is 29.4 Å². The van der Waals surface area contributed by atoms with E-state index in [0.29, 0.717) is 6.54 Å². The Hall–Kier alpha value is -0.960. The number of aliphatic imine (C=N–C) groups is 1. The molecular formula is C17H28IN5S. The lowest BCUT2D eigenvalue weighted by molar-refractivity contribution is 0.664. The maximum atomic E-state index is 4.66. The minimum absolute atomic E-state index is 0. The summed E-state index contributed by atoms with van der Waals surface area (Å²) in [5.41, 5.74) is 3.12. The molecule has 0 amide bonds. The lowest BCUT2D eigenvalue weighted by atomic mass is 10.2. The van der Waals surface area contributed by atoms with Crippen LogP contribution in [0.25, 0.3) is 5.65 Å². The van der Waals surface area contributed by atoms with Crippen LogP contribution in [0, 0.1) is 6.92 Å². The number of imidazole rings is 1. The Morgan fingerprint density at radius 1 is 1.33 bits per heavy atom. The number of pyridine rings is 1. The van der Waals surface area contributed by atoms with Gasteiger partial charge in [0.05, 0.1) is 12.2 Å². The lowest BCUT2D eigenvalue weighted by Crippen LogP contribution is -2.43. The van der Waals surface area contributed by atoms with Crippen molar-refractivity contribution in [3.8, 4) is 0 Å². The van der Waals surface area contributed by atoms with Crippen molar-refractivity contribution in [3.63, 3.8) is 0 Å². The van der Waals surface area contributed by atoms with Gasteiger partial charge in [-0.3, -0.25) is 0 Å². The first-order valence-corrected chi connectivity index (χ1v) is 9.18. The van der Waals surface area contributed by atoms with Gasteiger partial charge in [0.25, 0.3) is 0 Å². The van der Waals surface area contributed by atoms with Gasteiger partial charge in [0.1, 0.15) is 5.65 Å². The number of nitrogens with one attached hydrogen (secondary N) is 2. The first-order valence-electron chi connectivity index (χ1n) is 7.96. The van der Waals surface area contributed by atoms with E-state index in [9.17, 15) is 0 Å². The zero-order valence-corrected chi connectivity index (χ0v) is 18.2. The van der Waals surface area contributed by atoms with Gasteiger partial charge < -0.3 is 15.0 Å². The molecule has 0 radical (unpaired) electrons. The third-order valence-corrected chi connectivity index (χ3v) is 4.97. The topological polar surface area (TPSA) is 53.7 Å². The van der Waals surface area contributed by atoms with E-state index in [1.807, 2.05) is 23.9 Å². The molecule has 0 aromatic carbocycles. The summed E-state index contributed by atoms with van der Waals surface area (Å²) in [4.78, 5) is 9.28. The molecular weight excluding hydrogens is 433 g/mol. The van der Waals surface area contributed by atoms with Crippen LogP contribution in [0.5, 0.6) is 0 Å². The van der Waals surface area contributed by atoms with Gasteiger partial charge in [0.2, 0.25) is 0 Å². The Bertz CT molecular complexity index is 681. The van der Waals surface area contributed by atoms with E-state index in [1.165, 1.54) is 5.69 Å². The first-order chi connectivity index (χ1) is 10.9. The zero-order chi connectivity index (χ0) is 16.9. The molecule has 0 fully saturated rings. The largest absolute Gasteiger partial charge is 0.357 e. The number of fused-ring (bicyclic) bond motifs is 1. The van der Waals surface area contributed by atoms with Gasteiger partial charge in [-0.1, -0.05) is 6.07 Å². The smallest absolute Gasteiger partial charge is 0.191 e. The molecule has 24 heavy (non-hydrogen) atoms. The summed E-state index contributed by atoms with van der Waals surface area (Å²) >= 11 is 1.85. The Balaban J connectivity index is 0.00000288. The molecule has 2 N–H and O–H groups in total. The quantitative estimate of drug-likeness (QED) is 0.393. The molecule has 0 spiro atoms. The molecule has 0 saturated heterocycles. The van der Waals surface area contributed by atoms with Crippen LogP contribution in [0.4, 0.5) is 0 Å². The van der Waals surface area contributed by atoms with Crippen molar-refractivity contribution in [2.24, 2.45) is 4.99 Å². The van der Waals surface area contributed by atoms with Gasteiger partial charge in [-0.2, -0.15) is 11.8 Å². The molecule has 0 aliphatic carbocycles. The SMILES string of the molecule is CCNC(=NCc1cn2c(C)cccc2n1)NCC(C)(C)SC.I. The summed E-state index contributed by atoms with van der Waals surface area (Å²) in [6.07, 6.45) is 4.19. The molecule has 0 aliphatic rings. The van der Waals surface area contributed by atoms with E-state index in [0.717, 1.165) is 30.4 Å². The van der Waals surface area contributed by atoms with E-state index in [-0.39, 0.29) is 28.7 Å². The molecule has 0 saturated carbocycles. The summed E-state index contributed by atoms with van der Waals surface area (Å²) in [6, 6.07) is 6.13. The van der Waals surface area contributed by atoms with Gasteiger partial charge in [0.15, 0.2) is 5.96 Å². The number of halogens is 1. The molecule has 5 nitrogen and oxygen atoms in total. The third kappa shape index (κ3) is 5.84. The number of hydrogen-bond acceptors (Lipinski definition) is 3. The van der Waals surface area contributed by atoms with Crippen LogP contribution in [0.1, 0.15) is 32.2 Å². The predicted molar refractivity (Wildman–Crippen MR) is 116 cm³/mol. The fourth-order valence-corrected chi connectivity index (χ4v) is 2.36. The lowest BCUT2D eigenvalue weighted by Gasteiger charge is -2.23. The molecule has 0 bridgehead atoms. The fraction of sp³-hybridized carbons (Fsp3) is 0.529. The molecule has 0 atom stereocenters. The Kier molecular flexibility index (Phi) is 8.35. The highest BCUT2D eigenvalue weighted by molar-refractivity contribution is 14.0. The number of guanidine groups is 1. The summed E-state index contributed by atoms with van der Waals surface area (Å²) < 4.78 is 2.28. The average molecular weight is 461 g/mol. The minimum atomic E-state index is 0. The van der Waals surface area contributed by atoms with Gasteiger partial charge in [-0.05, 0) is 46.1 Å². The third-order valence-electron chi connectivity index (χ3n) is 3.72. The first kappa shape index (κ1) is 21.1. The molecule has 2 aromatic rings. The monoisotopic (exact) mass is 461 g/mol. The van der Waals surface area contributed by atoms with E-state index in [4.69, 9.17) is 0 Å². The second kappa shape index (κ2) is 9.50. The summed E-state index contributed by atoms with van der Waals surface area (Å²) in [5.74, 6) is 0.836. The highest BCUT2D eigenvalue weighted by Gasteiger charge is 2.16. The van der Waals surface area contributed by atoms with Crippen molar-refractivity contribution < 1.29 is 0 Å². The molecule has 0 unspecified atom stereocenters. The van der Waals surface area contributed by atoms with Crippen LogP contribution in [-0.4, -0.2) is 39.4 Å². The standard InChI is InChI=1S/C17H27N5S.HI/c1-6-18-16(20-12-17(3,4)23-5)19-10-14-11-22-13(2)8-7-9-15(22)21-14;/h7-9,11H,6,10,12H2,1-5H3,(H2,18,19,20);1H. The molecule has 134 valence electrons. The van der Waals surface area contributed by atoms with Crippen LogP contribution >= 0.6 is 35.7 Å². The second-order valence-corrected chi connectivity index (χ2v) is 7.65. The number of aromatic nitrogens is 2. The summed E-state index contributed by atoms with van der Waals surface area (Å²) in [6.45, 7) is 10.9. The van der Waals surface area contributed by atoms with E-state index in [2.05, 4.69) is 71.2 Å². The molecule has 0 aliphatic heterocycles. The molecule has 2 heterocycles. The van der Waals surface area contributed by atoms with Crippen LogP contribution in [0.3, 0.4) is 0 Å². The summed E-state index contributed by atoms with van der Waals surface area (Å²) in [7, 11) is 0. The van der Waals surface area contributed by atoms with Gasteiger partial charge >= 0.3 is 0 Å². The van der Waals surface area contributed by atoms with Crippen molar-refractivity contribution in [1.82, 2.24) is 20.0 Å². The normalized spacial score (nSPS) is 12.1. The summed E-state index contributed by atoms with van der Waals surface area (Å²) in [5, 5.41) is 6.70. The highest BCUT2D eigenvalue weighted by Crippen LogP contribution is 2.19. The average Bonchev–Trinajstić information content (AvgIpc) is 2.95. The van der Waals surface area contributed by atoms with E-state index >= 15 is 0 Å². The van der Waals surface area contributed by atoms with Gasteiger partial charge in [0, 0.05) is 29.7 Å². The van der Waals surface area contributed by atoms with Crippen LogP contribution in [0.2, 0.25) is 0 Å². The fourth-order valence-electron chi connectivity index (χ4n) is 2.15. The van der Waals surface area contributed by atoms with E-state index < -0.39 is 0 Å².